The van der Waals surface area contributed by atoms with Gasteiger partial charge in [-0.25, -0.2) is 4.79 Å². The van der Waals surface area contributed by atoms with E-state index in [4.69, 9.17) is 17.0 Å². The van der Waals surface area contributed by atoms with Crippen molar-refractivity contribution in [3.63, 3.8) is 0 Å². The smallest absolute Gasteiger partial charge is 0.338 e. The van der Waals surface area contributed by atoms with Crippen LogP contribution in [-0.2, 0) is 4.74 Å². The van der Waals surface area contributed by atoms with Crippen LogP contribution in [-0.4, -0.2) is 17.7 Å². The minimum atomic E-state index is -0.335. The standard InChI is InChI=1S/C21H26N2O2S/c1-6-25-20(24)17-10-9-15(4)19(12-17)23-21(26)22-16(5)18-11-13(2)7-8-14(18)3/h7-12,16H,6H2,1-5H3,(H2,22,23,26)/t16-/m0/s1. The summed E-state index contributed by atoms with van der Waals surface area (Å²) in [5.41, 5.74) is 5.95. The van der Waals surface area contributed by atoms with Gasteiger partial charge in [0.2, 0.25) is 0 Å². The molecule has 0 aliphatic rings. The fourth-order valence-electron chi connectivity index (χ4n) is 2.76. The lowest BCUT2D eigenvalue weighted by Gasteiger charge is -2.20. The monoisotopic (exact) mass is 370 g/mol. The Morgan fingerprint density at radius 3 is 2.50 bits per heavy atom. The number of nitrogens with one attached hydrogen (secondary N) is 2. The average molecular weight is 371 g/mol. The van der Waals surface area contributed by atoms with Crippen LogP contribution < -0.4 is 10.6 Å². The Hall–Kier alpha value is -2.40. The molecule has 0 radical (unpaired) electrons. The molecule has 0 fully saturated rings. The molecule has 0 aliphatic heterocycles. The van der Waals surface area contributed by atoms with Crippen molar-refractivity contribution in [3.05, 3.63) is 64.2 Å². The van der Waals surface area contributed by atoms with Crippen LogP contribution in [0.15, 0.2) is 36.4 Å². The fraction of sp³-hybridized carbons (Fsp3) is 0.333. The maximum Gasteiger partial charge on any atom is 0.338 e. The summed E-state index contributed by atoms with van der Waals surface area (Å²) in [7, 11) is 0. The van der Waals surface area contributed by atoms with E-state index in [1.165, 1.54) is 16.7 Å². The summed E-state index contributed by atoms with van der Waals surface area (Å²) in [6.45, 7) is 10.4. The van der Waals surface area contributed by atoms with Gasteiger partial charge in [-0.3, -0.25) is 0 Å². The van der Waals surface area contributed by atoms with Crippen molar-refractivity contribution in [3.8, 4) is 0 Å². The van der Waals surface area contributed by atoms with Gasteiger partial charge in [0.05, 0.1) is 18.2 Å². The SMILES string of the molecule is CCOC(=O)c1ccc(C)c(NC(=S)N[C@@H](C)c2cc(C)ccc2C)c1. The Morgan fingerprint density at radius 2 is 1.81 bits per heavy atom. The lowest BCUT2D eigenvalue weighted by Crippen LogP contribution is -2.31. The number of ether oxygens (including phenoxy) is 1. The lowest BCUT2D eigenvalue weighted by molar-refractivity contribution is 0.0526. The molecular weight excluding hydrogens is 344 g/mol. The van der Waals surface area contributed by atoms with Crippen molar-refractivity contribution in [2.24, 2.45) is 0 Å². The Balaban J connectivity index is 2.11. The van der Waals surface area contributed by atoms with Gasteiger partial charge in [0.1, 0.15) is 0 Å². The molecule has 2 rings (SSSR count). The summed E-state index contributed by atoms with van der Waals surface area (Å²) >= 11 is 5.47. The molecule has 26 heavy (non-hydrogen) atoms. The number of rotatable bonds is 5. The molecule has 0 saturated carbocycles. The zero-order valence-electron chi connectivity index (χ0n) is 16.0. The Kier molecular flexibility index (Phi) is 6.75. The van der Waals surface area contributed by atoms with Gasteiger partial charge >= 0.3 is 5.97 Å². The molecule has 0 aromatic heterocycles. The normalized spacial score (nSPS) is 11.6. The lowest BCUT2D eigenvalue weighted by atomic mass is 10.0. The quantitative estimate of drug-likeness (QED) is 0.583. The van der Waals surface area contributed by atoms with Crippen molar-refractivity contribution in [2.75, 3.05) is 11.9 Å². The molecule has 0 aliphatic carbocycles. The van der Waals surface area contributed by atoms with Crippen molar-refractivity contribution < 1.29 is 9.53 Å². The second-order valence-electron chi connectivity index (χ2n) is 6.43. The second kappa shape index (κ2) is 8.81. The summed E-state index contributed by atoms with van der Waals surface area (Å²) in [5, 5.41) is 7.03. The molecule has 0 spiro atoms. The first kappa shape index (κ1) is 19.9. The van der Waals surface area contributed by atoms with E-state index in [0.29, 0.717) is 17.3 Å². The predicted octanol–water partition coefficient (Wildman–Crippen LogP) is 4.84. The number of hydrogen-bond acceptors (Lipinski definition) is 3. The Bertz CT molecular complexity index is 818. The maximum atomic E-state index is 11.9. The molecule has 0 heterocycles. The van der Waals surface area contributed by atoms with Crippen LogP contribution in [0.2, 0.25) is 0 Å². The maximum absolute atomic E-state index is 11.9. The third-order valence-corrected chi connectivity index (χ3v) is 4.47. The molecule has 1 atom stereocenters. The van der Waals surface area contributed by atoms with E-state index in [9.17, 15) is 4.79 Å². The molecule has 138 valence electrons. The molecule has 0 saturated heterocycles. The zero-order chi connectivity index (χ0) is 19.3. The number of hydrogen-bond donors (Lipinski definition) is 2. The van der Waals surface area contributed by atoms with Crippen LogP contribution in [0.25, 0.3) is 0 Å². The van der Waals surface area contributed by atoms with Gasteiger partial charge in [-0.2, -0.15) is 0 Å². The fourth-order valence-corrected chi connectivity index (χ4v) is 3.04. The minimum Gasteiger partial charge on any atom is -0.462 e. The van der Waals surface area contributed by atoms with Crippen molar-refractivity contribution in [1.82, 2.24) is 5.32 Å². The van der Waals surface area contributed by atoms with E-state index < -0.39 is 0 Å². The predicted molar refractivity (Wildman–Crippen MR) is 111 cm³/mol. The van der Waals surface area contributed by atoms with Gasteiger partial charge in [-0.1, -0.05) is 29.8 Å². The molecule has 4 nitrogen and oxygen atoms in total. The first-order valence-electron chi connectivity index (χ1n) is 8.74. The molecule has 2 N–H and O–H groups in total. The van der Waals surface area contributed by atoms with E-state index >= 15 is 0 Å². The number of thiocarbonyl (C=S) groups is 1. The third-order valence-electron chi connectivity index (χ3n) is 4.25. The first-order valence-corrected chi connectivity index (χ1v) is 9.15. The average Bonchev–Trinajstić information content (AvgIpc) is 2.59. The molecule has 5 heteroatoms. The summed E-state index contributed by atoms with van der Waals surface area (Å²) in [5.74, 6) is -0.335. The van der Waals surface area contributed by atoms with Gasteiger partial charge in [-0.05, 0) is 75.7 Å². The van der Waals surface area contributed by atoms with E-state index in [1.54, 1.807) is 19.1 Å². The summed E-state index contributed by atoms with van der Waals surface area (Å²) in [6, 6.07) is 11.9. The van der Waals surface area contributed by atoms with Crippen LogP contribution in [0.3, 0.4) is 0 Å². The number of carbonyl (C=O) groups excluding carboxylic acids is 1. The molecule has 0 unspecified atom stereocenters. The van der Waals surface area contributed by atoms with Crippen molar-refractivity contribution >= 4 is 29.0 Å². The number of aryl methyl sites for hydroxylation is 3. The Labute approximate surface area is 161 Å². The molecular formula is C21H26N2O2S. The van der Waals surface area contributed by atoms with Crippen molar-refractivity contribution in [2.45, 2.75) is 40.7 Å². The topological polar surface area (TPSA) is 50.4 Å². The Morgan fingerprint density at radius 1 is 1.12 bits per heavy atom. The van der Waals surface area contributed by atoms with Crippen LogP contribution in [0.1, 0.15) is 52.5 Å². The zero-order valence-corrected chi connectivity index (χ0v) is 16.8. The van der Waals surface area contributed by atoms with Crippen LogP contribution >= 0.6 is 12.2 Å². The molecule has 2 aromatic rings. The summed E-state index contributed by atoms with van der Waals surface area (Å²) < 4.78 is 5.06. The van der Waals surface area contributed by atoms with E-state index in [0.717, 1.165) is 11.3 Å². The van der Waals surface area contributed by atoms with Gasteiger partial charge in [-0.15, -0.1) is 0 Å². The number of carbonyl (C=O) groups is 1. The van der Waals surface area contributed by atoms with Gasteiger partial charge in [0.15, 0.2) is 5.11 Å². The van der Waals surface area contributed by atoms with Gasteiger partial charge in [0, 0.05) is 5.69 Å². The largest absolute Gasteiger partial charge is 0.462 e. The second-order valence-corrected chi connectivity index (χ2v) is 6.84. The molecule has 0 amide bonds. The highest BCUT2D eigenvalue weighted by Crippen LogP contribution is 2.21. The number of anilines is 1. The summed E-state index contributed by atoms with van der Waals surface area (Å²) in [6.07, 6.45) is 0. The number of benzene rings is 2. The van der Waals surface area contributed by atoms with E-state index in [-0.39, 0.29) is 12.0 Å². The van der Waals surface area contributed by atoms with Crippen LogP contribution in [0.4, 0.5) is 5.69 Å². The summed E-state index contributed by atoms with van der Waals surface area (Å²) in [4.78, 5) is 11.9. The van der Waals surface area contributed by atoms with E-state index in [2.05, 4.69) is 49.6 Å². The highest BCUT2D eigenvalue weighted by molar-refractivity contribution is 7.80. The highest BCUT2D eigenvalue weighted by Gasteiger charge is 2.13. The number of esters is 1. The minimum absolute atomic E-state index is 0.0726. The first-order chi connectivity index (χ1) is 12.3. The van der Waals surface area contributed by atoms with E-state index in [1.807, 2.05) is 13.0 Å². The van der Waals surface area contributed by atoms with Crippen molar-refractivity contribution in [1.29, 1.82) is 0 Å². The highest BCUT2D eigenvalue weighted by atomic mass is 32.1. The third kappa shape index (κ3) is 5.05. The van der Waals surface area contributed by atoms with Gasteiger partial charge < -0.3 is 15.4 Å². The molecule has 0 bridgehead atoms. The van der Waals surface area contributed by atoms with Crippen LogP contribution in [0.5, 0.6) is 0 Å². The van der Waals surface area contributed by atoms with Gasteiger partial charge in [0.25, 0.3) is 0 Å². The molecule has 2 aromatic carbocycles. The van der Waals surface area contributed by atoms with Crippen LogP contribution in [0, 0.1) is 20.8 Å².